The maximum absolute atomic E-state index is 12.3. The summed E-state index contributed by atoms with van der Waals surface area (Å²) < 4.78 is 5.72. The predicted molar refractivity (Wildman–Crippen MR) is 83.1 cm³/mol. The lowest BCUT2D eigenvalue weighted by atomic mass is 10.0. The number of hydrogen-bond acceptors (Lipinski definition) is 2. The minimum atomic E-state index is 0.0325. The molecule has 0 aromatic heterocycles. The van der Waals surface area contributed by atoms with Gasteiger partial charge in [0.15, 0.2) is 0 Å². The number of rotatable bonds is 5. The van der Waals surface area contributed by atoms with E-state index in [0.717, 1.165) is 36.0 Å². The zero-order valence-electron chi connectivity index (χ0n) is 13.1. The third-order valence-electron chi connectivity index (χ3n) is 4.70. The van der Waals surface area contributed by atoms with Crippen molar-refractivity contribution in [1.29, 1.82) is 0 Å². The van der Waals surface area contributed by atoms with Crippen LogP contribution in [0.1, 0.15) is 51.6 Å². The minimum Gasteiger partial charge on any atom is -0.491 e. The molecule has 114 valence electrons. The zero-order valence-corrected chi connectivity index (χ0v) is 13.1. The van der Waals surface area contributed by atoms with Crippen molar-refractivity contribution >= 4 is 5.91 Å². The molecule has 3 nitrogen and oxygen atoms in total. The molecule has 0 spiro atoms. The van der Waals surface area contributed by atoms with Crippen LogP contribution in [0.4, 0.5) is 0 Å². The molecule has 1 N–H and O–H groups in total. The van der Waals surface area contributed by atoms with Gasteiger partial charge in [-0.15, -0.1) is 0 Å². The monoisotopic (exact) mass is 287 g/mol. The van der Waals surface area contributed by atoms with Crippen molar-refractivity contribution in [3.63, 3.8) is 0 Å². The number of nitrogens with one attached hydrogen (secondary N) is 1. The molecular formula is C18H25NO2. The molecule has 0 aliphatic heterocycles. The van der Waals surface area contributed by atoms with Gasteiger partial charge in [0, 0.05) is 5.92 Å². The summed E-state index contributed by atoms with van der Waals surface area (Å²) in [6.07, 6.45) is 3.71. The van der Waals surface area contributed by atoms with E-state index < -0.39 is 0 Å². The van der Waals surface area contributed by atoms with Gasteiger partial charge < -0.3 is 10.1 Å². The van der Waals surface area contributed by atoms with E-state index in [1.54, 1.807) is 0 Å². The second-order valence-electron chi connectivity index (χ2n) is 6.89. The van der Waals surface area contributed by atoms with Crippen molar-refractivity contribution in [3.8, 4) is 5.75 Å². The first-order chi connectivity index (χ1) is 10.0. The van der Waals surface area contributed by atoms with E-state index in [0.29, 0.717) is 0 Å². The van der Waals surface area contributed by atoms with Gasteiger partial charge in [-0.05, 0) is 69.6 Å². The quantitative estimate of drug-likeness (QED) is 0.896. The van der Waals surface area contributed by atoms with E-state index in [4.69, 9.17) is 4.74 Å². The molecule has 2 aliphatic rings. The number of ether oxygens (including phenoxy) is 1. The number of carbonyl (C=O) groups is 1. The number of fused-ring (bicyclic) bond motifs is 1. The third kappa shape index (κ3) is 3.39. The SMILES string of the molecule is CC(C)Oc1cccc(C(C)NC(=O)C2CC3CC3C2)c1. The molecule has 2 aliphatic carbocycles. The molecule has 1 amide bonds. The fourth-order valence-corrected chi connectivity index (χ4v) is 3.47. The third-order valence-corrected chi connectivity index (χ3v) is 4.70. The molecule has 0 heterocycles. The van der Waals surface area contributed by atoms with Gasteiger partial charge in [0.05, 0.1) is 12.1 Å². The molecule has 3 unspecified atom stereocenters. The maximum atomic E-state index is 12.3. The Bertz CT molecular complexity index is 516. The van der Waals surface area contributed by atoms with Gasteiger partial charge in [-0.2, -0.15) is 0 Å². The van der Waals surface area contributed by atoms with Crippen molar-refractivity contribution in [3.05, 3.63) is 29.8 Å². The Kier molecular flexibility index (Phi) is 3.92. The van der Waals surface area contributed by atoms with Crippen LogP contribution in [-0.2, 0) is 4.79 Å². The van der Waals surface area contributed by atoms with Crippen LogP contribution in [-0.4, -0.2) is 12.0 Å². The van der Waals surface area contributed by atoms with Crippen molar-refractivity contribution in [2.24, 2.45) is 17.8 Å². The molecule has 1 aromatic rings. The lowest BCUT2D eigenvalue weighted by Crippen LogP contribution is -2.32. The highest BCUT2D eigenvalue weighted by Gasteiger charge is 2.48. The fraction of sp³-hybridized carbons (Fsp3) is 0.611. The zero-order chi connectivity index (χ0) is 15.0. The molecule has 2 saturated carbocycles. The van der Waals surface area contributed by atoms with Crippen molar-refractivity contribution in [2.45, 2.75) is 52.2 Å². The van der Waals surface area contributed by atoms with Crippen LogP contribution in [0.2, 0.25) is 0 Å². The molecule has 1 aromatic carbocycles. The summed E-state index contributed by atoms with van der Waals surface area (Å²) in [6.45, 7) is 6.08. The van der Waals surface area contributed by atoms with Crippen LogP contribution < -0.4 is 10.1 Å². The molecular weight excluding hydrogens is 262 g/mol. The second-order valence-corrected chi connectivity index (χ2v) is 6.89. The van der Waals surface area contributed by atoms with Gasteiger partial charge in [-0.1, -0.05) is 12.1 Å². The molecule has 0 saturated heterocycles. The molecule has 0 radical (unpaired) electrons. The van der Waals surface area contributed by atoms with Gasteiger partial charge in [0.25, 0.3) is 0 Å². The van der Waals surface area contributed by atoms with Crippen LogP contribution in [0.25, 0.3) is 0 Å². The number of benzene rings is 1. The highest BCUT2D eigenvalue weighted by Crippen LogP contribution is 2.54. The molecule has 21 heavy (non-hydrogen) atoms. The molecule has 2 fully saturated rings. The smallest absolute Gasteiger partial charge is 0.223 e. The summed E-state index contributed by atoms with van der Waals surface area (Å²) >= 11 is 0. The largest absolute Gasteiger partial charge is 0.491 e. The summed E-state index contributed by atoms with van der Waals surface area (Å²) in [5.41, 5.74) is 1.10. The van der Waals surface area contributed by atoms with Crippen molar-refractivity contribution in [1.82, 2.24) is 5.32 Å². The molecule has 3 atom stereocenters. The Balaban J connectivity index is 1.59. The number of carbonyl (C=O) groups excluding carboxylic acids is 1. The van der Waals surface area contributed by atoms with Crippen molar-refractivity contribution < 1.29 is 9.53 Å². The Hall–Kier alpha value is -1.51. The van der Waals surface area contributed by atoms with Gasteiger partial charge >= 0.3 is 0 Å². The van der Waals surface area contributed by atoms with Gasteiger partial charge in [0.1, 0.15) is 5.75 Å². The van der Waals surface area contributed by atoms with E-state index in [9.17, 15) is 4.79 Å². The molecule has 3 rings (SSSR count). The average molecular weight is 287 g/mol. The second kappa shape index (κ2) is 5.70. The summed E-state index contributed by atoms with van der Waals surface area (Å²) in [5.74, 6) is 3.03. The summed E-state index contributed by atoms with van der Waals surface area (Å²) in [4.78, 5) is 12.3. The Morgan fingerprint density at radius 3 is 2.57 bits per heavy atom. The van der Waals surface area contributed by atoms with Crippen LogP contribution in [0.15, 0.2) is 24.3 Å². The standard InChI is InChI=1S/C18H25NO2/c1-11(2)21-17-6-4-5-13(10-17)12(3)19-18(20)16-8-14-7-15(14)9-16/h4-6,10-12,14-16H,7-9H2,1-3H3,(H,19,20). The highest BCUT2D eigenvalue weighted by molar-refractivity contribution is 5.79. The van der Waals surface area contributed by atoms with Crippen LogP contribution in [0.3, 0.4) is 0 Å². The van der Waals surface area contributed by atoms with E-state index in [2.05, 4.69) is 5.32 Å². The maximum Gasteiger partial charge on any atom is 0.223 e. The van der Waals surface area contributed by atoms with Gasteiger partial charge in [0.2, 0.25) is 5.91 Å². The Morgan fingerprint density at radius 1 is 1.19 bits per heavy atom. The van der Waals surface area contributed by atoms with Gasteiger partial charge in [-0.3, -0.25) is 4.79 Å². The van der Waals surface area contributed by atoms with Crippen LogP contribution in [0, 0.1) is 17.8 Å². The fourth-order valence-electron chi connectivity index (χ4n) is 3.47. The Morgan fingerprint density at radius 2 is 1.90 bits per heavy atom. The van der Waals surface area contributed by atoms with Crippen LogP contribution in [0.5, 0.6) is 5.75 Å². The molecule has 0 bridgehead atoms. The first-order valence-corrected chi connectivity index (χ1v) is 8.10. The summed E-state index contributed by atoms with van der Waals surface area (Å²) in [5, 5.41) is 3.17. The normalized spacial score (nSPS) is 28.1. The number of hydrogen-bond donors (Lipinski definition) is 1. The van der Waals surface area contributed by atoms with Gasteiger partial charge in [-0.25, -0.2) is 0 Å². The number of amides is 1. The topological polar surface area (TPSA) is 38.3 Å². The van der Waals surface area contributed by atoms with E-state index in [-0.39, 0.29) is 24.0 Å². The first kappa shape index (κ1) is 14.4. The average Bonchev–Trinajstić information content (AvgIpc) is 3.04. The summed E-state index contributed by atoms with van der Waals surface area (Å²) in [7, 11) is 0. The van der Waals surface area contributed by atoms with E-state index >= 15 is 0 Å². The first-order valence-electron chi connectivity index (χ1n) is 8.10. The molecule has 3 heteroatoms. The summed E-state index contributed by atoms with van der Waals surface area (Å²) in [6, 6.07) is 8.05. The lowest BCUT2D eigenvalue weighted by molar-refractivity contribution is -0.125. The van der Waals surface area contributed by atoms with E-state index in [1.165, 1.54) is 6.42 Å². The predicted octanol–water partition coefficient (Wildman–Crippen LogP) is 3.70. The Labute approximate surface area is 127 Å². The van der Waals surface area contributed by atoms with Crippen molar-refractivity contribution in [2.75, 3.05) is 0 Å². The lowest BCUT2D eigenvalue weighted by Gasteiger charge is -2.19. The van der Waals surface area contributed by atoms with Crippen LogP contribution >= 0.6 is 0 Å². The highest BCUT2D eigenvalue weighted by atomic mass is 16.5. The van der Waals surface area contributed by atoms with E-state index in [1.807, 2.05) is 45.0 Å². The minimum absolute atomic E-state index is 0.0325.